The van der Waals surface area contributed by atoms with Gasteiger partial charge >= 0.3 is 6.09 Å². The van der Waals surface area contributed by atoms with Crippen LogP contribution >= 0.6 is 23.2 Å². The van der Waals surface area contributed by atoms with Crippen molar-refractivity contribution < 1.29 is 14.3 Å². The molecule has 192 valence electrons. The minimum absolute atomic E-state index is 0.0621. The van der Waals surface area contributed by atoms with Crippen molar-refractivity contribution >= 4 is 47.0 Å². The SMILES string of the molecule is O=C(C=Cc1cc(Cl)ccc1-n1cnnn1)N[C@H]1CC=CCOC(=O)Nc2ccccc2-c2nc1[nH]c2Cl. The van der Waals surface area contributed by atoms with Crippen LogP contribution in [0.4, 0.5) is 10.5 Å². The summed E-state index contributed by atoms with van der Waals surface area (Å²) in [7, 11) is 0. The molecule has 0 radical (unpaired) electrons. The number of amides is 2. The zero-order chi connectivity index (χ0) is 26.5. The van der Waals surface area contributed by atoms with E-state index in [0.717, 1.165) is 0 Å². The number of tetrazole rings is 1. The lowest BCUT2D eigenvalue weighted by Crippen LogP contribution is -2.27. The van der Waals surface area contributed by atoms with Crippen molar-refractivity contribution in [3.05, 3.63) is 88.6 Å². The quantitative estimate of drug-likeness (QED) is 0.246. The number of nitrogens with zero attached hydrogens (tertiary/aromatic N) is 5. The molecule has 13 heteroatoms. The van der Waals surface area contributed by atoms with Gasteiger partial charge in [0.25, 0.3) is 0 Å². The smallest absolute Gasteiger partial charge is 0.411 e. The Kier molecular flexibility index (Phi) is 7.47. The average Bonchev–Trinajstić information content (AvgIpc) is 3.57. The van der Waals surface area contributed by atoms with Gasteiger partial charge in [0.2, 0.25) is 5.91 Å². The standard InChI is InChI=1S/C25H20Cl2N8O3/c26-16-9-10-20(35-14-28-33-34-35)15(13-16)8-11-21(36)29-19-7-3-4-12-38-25(37)30-18-6-2-1-5-17(18)22-23(27)32-24(19)31-22/h1-6,8-11,13-14,19H,7,12H2,(H,29,36)(H,30,37)(H,31,32)/t19-/m0/s1. The van der Waals surface area contributed by atoms with Crippen molar-refractivity contribution in [2.75, 3.05) is 11.9 Å². The summed E-state index contributed by atoms with van der Waals surface area (Å²) in [6, 6.07) is 11.7. The summed E-state index contributed by atoms with van der Waals surface area (Å²) in [5.74, 6) is 0.0766. The number of hydrogen-bond acceptors (Lipinski definition) is 7. The molecule has 2 aromatic carbocycles. The van der Waals surface area contributed by atoms with E-state index in [4.69, 9.17) is 27.9 Å². The van der Waals surface area contributed by atoms with Crippen LogP contribution in [0.25, 0.3) is 23.0 Å². The van der Waals surface area contributed by atoms with E-state index in [1.165, 1.54) is 17.1 Å². The highest BCUT2D eigenvalue weighted by Crippen LogP contribution is 2.33. The number of para-hydroxylation sites is 1. The molecular formula is C25H20Cl2N8O3. The van der Waals surface area contributed by atoms with Crippen molar-refractivity contribution in [3.8, 4) is 16.9 Å². The Morgan fingerprint density at radius 2 is 2.05 bits per heavy atom. The molecule has 1 aliphatic rings. The summed E-state index contributed by atoms with van der Waals surface area (Å²) < 4.78 is 6.68. The molecule has 0 saturated carbocycles. The first-order valence-corrected chi connectivity index (χ1v) is 12.2. The van der Waals surface area contributed by atoms with Gasteiger partial charge in [-0.1, -0.05) is 53.6 Å². The normalized spacial score (nSPS) is 15.5. The number of imidazole rings is 1. The van der Waals surface area contributed by atoms with Crippen LogP contribution in [0.15, 0.2) is 67.0 Å². The molecule has 0 unspecified atom stereocenters. The molecule has 2 amide bonds. The summed E-state index contributed by atoms with van der Waals surface area (Å²) >= 11 is 12.7. The van der Waals surface area contributed by atoms with Crippen molar-refractivity contribution in [1.82, 2.24) is 35.5 Å². The third-order valence-corrected chi connectivity index (χ3v) is 6.10. The number of anilines is 1. The van der Waals surface area contributed by atoms with Gasteiger partial charge in [-0.15, -0.1) is 5.10 Å². The molecule has 38 heavy (non-hydrogen) atoms. The summed E-state index contributed by atoms with van der Waals surface area (Å²) in [5.41, 5.74) is 2.82. The topological polar surface area (TPSA) is 140 Å². The maximum Gasteiger partial charge on any atom is 0.411 e. The Balaban J connectivity index is 1.42. The largest absolute Gasteiger partial charge is 0.445 e. The maximum atomic E-state index is 13.0. The first-order valence-electron chi connectivity index (χ1n) is 11.4. The fraction of sp³-hybridized carbons (Fsp3) is 0.120. The van der Waals surface area contributed by atoms with Gasteiger partial charge in [0.1, 0.15) is 29.6 Å². The molecule has 1 aliphatic heterocycles. The van der Waals surface area contributed by atoms with Gasteiger partial charge in [-0.3, -0.25) is 10.1 Å². The summed E-state index contributed by atoms with van der Waals surface area (Å²) in [5, 5.41) is 17.6. The first kappa shape index (κ1) is 25.2. The Morgan fingerprint density at radius 1 is 1.18 bits per heavy atom. The van der Waals surface area contributed by atoms with Crippen molar-refractivity contribution in [1.29, 1.82) is 0 Å². The summed E-state index contributed by atoms with van der Waals surface area (Å²) in [6.45, 7) is 0.0621. The molecule has 2 aromatic heterocycles. The number of rotatable bonds is 4. The lowest BCUT2D eigenvalue weighted by molar-refractivity contribution is -0.117. The van der Waals surface area contributed by atoms with Crippen LogP contribution in [0.2, 0.25) is 10.2 Å². The van der Waals surface area contributed by atoms with Gasteiger partial charge in [-0.2, -0.15) is 4.68 Å². The van der Waals surface area contributed by atoms with Gasteiger partial charge < -0.3 is 15.0 Å². The number of ether oxygens (including phenoxy) is 1. The number of fused-ring (bicyclic) bond motifs is 4. The highest BCUT2D eigenvalue weighted by molar-refractivity contribution is 6.32. The second-order valence-electron chi connectivity index (χ2n) is 8.11. The van der Waals surface area contributed by atoms with E-state index < -0.39 is 12.1 Å². The summed E-state index contributed by atoms with van der Waals surface area (Å²) in [6.07, 6.45) is 7.69. The molecule has 2 bridgehead atoms. The van der Waals surface area contributed by atoms with E-state index in [9.17, 15) is 9.59 Å². The molecule has 5 rings (SSSR count). The second kappa shape index (κ2) is 11.3. The summed E-state index contributed by atoms with van der Waals surface area (Å²) in [4.78, 5) is 32.9. The van der Waals surface area contributed by atoms with Crippen LogP contribution in [0, 0.1) is 0 Å². The zero-order valence-corrected chi connectivity index (χ0v) is 21.1. The van der Waals surface area contributed by atoms with E-state index in [1.54, 1.807) is 60.7 Å². The number of hydrogen-bond donors (Lipinski definition) is 3. The highest BCUT2D eigenvalue weighted by atomic mass is 35.5. The van der Waals surface area contributed by atoms with Crippen LogP contribution in [0.3, 0.4) is 0 Å². The Bertz CT molecular complexity index is 1530. The van der Waals surface area contributed by atoms with Crippen LogP contribution < -0.4 is 10.6 Å². The number of aromatic amines is 1. The van der Waals surface area contributed by atoms with Gasteiger partial charge in [0.05, 0.1) is 17.4 Å². The zero-order valence-electron chi connectivity index (χ0n) is 19.6. The first-order chi connectivity index (χ1) is 18.5. The minimum atomic E-state index is -0.606. The highest BCUT2D eigenvalue weighted by Gasteiger charge is 2.22. The van der Waals surface area contributed by atoms with E-state index in [2.05, 4.69) is 36.1 Å². The fourth-order valence-electron chi connectivity index (χ4n) is 3.84. The van der Waals surface area contributed by atoms with E-state index >= 15 is 0 Å². The van der Waals surface area contributed by atoms with Crippen molar-refractivity contribution in [3.63, 3.8) is 0 Å². The Morgan fingerprint density at radius 3 is 2.89 bits per heavy atom. The molecule has 3 N–H and O–H groups in total. The third kappa shape index (κ3) is 5.74. The predicted octanol–water partition coefficient (Wildman–Crippen LogP) is 4.74. The molecule has 4 aromatic rings. The van der Waals surface area contributed by atoms with Crippen LogP contribution in [0.5, 0.6) is 0 Å². The number of nitrogens with one attached hydrogen (secondary N) is 3. The monoisotopic (exact) mass is 550 g/mol. The van der Waals surface area contributed by atoms with Gasteiger partial charge in [-0.25, -0.2) is 9.78 Å². The molecule has 0 aliphatic carbocycles. The van der Waals surface area contributed by atoms with Crippen molar-refractivity contribution in [2.45, 2.75) is 12.5 Å². The molecule has 11 nitrogen and oxygen atoms in total. The van der Waals surface area contributed by atoms with Crippen LogP contribution in [-0.2, 0) is 9.53 Å². The molecule has 3 heterocycles. The Labute approximate surface area is 226 Å². The molecular weight excluding hydrogens is 531 g/mol. The van der Waals surface area contributed by atoms with Gasteiger partial charge in [0.15, 0.2) is 0 Å². The van der Waals surface area contributed by atoms with E-state index in [-0.39, 0.29) is 17.7 Å². The molecule has 0 saturated heterocycles. The molecule has 0 fully saturated rings. The third-order valence-electron chi connectivity index (χ3n) is 5.59. The van der Waals surface area contributed by atoms with E-state index in [1.807, 2.05) is 0 Å². The number of carbonyl (C=O) groups excluding carboxylic acids is 2. The van der Waals surface area contributed by atoms with Crippen molar-refractivity contribution in [2.24, 2.45) is 0 Å². The lowest BCUT2D eigenvalue weighted by Gasteiger charge is -2.14. The Hall–Kier alpha value is -4.48. The number of halogens is 2. The minimum Gasteiger partial charge on any atom is -0.445 e. The molecule has 1 atom stereocenters. The predicted molar refractivity (Wildman–Crippen MR) is 142 cm³/mol. The van der Waals surface area contributed by atoms with Crippen LogP contribution in [-0.4, -0.2) is 48.8 Å². The second-order valence-corrected chi connectivity index (χ2v) is 8.93. The number of H-pyrrole nitrogens is 1. The fourth-order valence-corrected chi connectivity index (χ4v) is 4.27. The number of carbonyl (C=O) groups is 2. The lowest BCUT2D eigenvalue weighted by atomic mass is 10.1. The maximum absolute atomic E-state index is 13.0. The average molecular weight is 551 g/mol. The van der Waals surface area contributed by atoms with Crippen LogP contribution in [0.1, 0.15) is 23.9 Å². The number of benzene rings is 2. The number of cyclic esters (lactones) is 1. The van der Waals surface area contributed by atoms with Gasteiger partial charge in [0, 0.05) is 22.2 Å². The van der Waals surface area contributed by atoms with Gasteiger partial charge in [-0.05, 0) is 47.2 Å². The molecule has 0 spiro atoms. The number of aromatic nitrogens is 6. The van der Waals surface area contributed by atoms with E-state index in [0.29, 0.717) is 45.5 Å².